The molecule has 4 heteroatoms. The third kappa shape index (κ3) is 13.0. The zero-order chi connectivity index (χ0) is 92.5. The van der Waals surface area contributed by atoms with Crippen molar-refractivity contribution in [1.82, 2.24) is 0 Å². The molecule has 0 heterocycles. The van der Waals surface area contributed by atoms with Gasteiger partial charge in [0.2, 0.25) is 0 Å². The molecule has 18 fully saturated rings. The Morgan fingerprint density at radius 1 is 0.214 bits per heavy atom. The first-order valence-electron chi connectivity index (χ1n) is 55.7. The predicted octanol–water partition coefficient (Wildman–Crippen LogP) is 33.6. The lowest BCUT2D eigenvalue weighted by atomic mass is 9.26. The standard InChI is InChI=1S/2C31H54O.2C30H50O/c2*1-21-22(32)10-11-23-27(21,5)15-19-31(9)28(23,6)16-17-29(7)24-20-25(2,3)12-13-26(24,4)14-18-30(29,31)8;2*1-25(2)17-18-27(5)13-9-21-29(7)14-10-20-26(3,4)24(31)12-16-28(20,6)22(29)11-15-30(21,8)23(27)19-25/h2*21-24,32H,10-20H2,1-9H3;2*9,20,22-24,31H,10-19H2,1-8H3/t21-,22+,23?,24?,26+,27+,28-,29-,30-,31+;21-,22-,23?,24?,26+,27+,28-,29-,30-,31+;20?,22?,23?,24-,27+,28+,29+,30-;20?,22?,23?,24-,27-,28-,29-,30+/m0010/s1. The maximum Gasteiger partial charge on any atom is 0.0594 e. The minimum atomic E-state index is -0.122. The molecule has 0 aromatic carbocycles. The van der Waals surface area contributed by atoms with Gasteiger partial charge in [-0.15, -0.1) is 0 Å². The highest BCUT2D eigenvalue weighted by Crippen LogP contribution is 2.87. The molecule has 20 rings (SSSR count). The van der Waals surface area contributed by atoms with Gasteiger partial charge in [-0.3, -0.25) is 0 Å². The summed E-state index contributed by atoms with van der Waals surface area (Å²) in [4.78, 5) is 0. The topological polar surface area (TPSA) is 80.9 Å². The molecule has 0 aromatic heterocycles. The summed E-state index contributed by atoms with van der Waals surface area (Å²) in [6.07, 6.45) is 61.5. The second-order valence-electron chi connectivity index (χ2n) is 62.7. The Morgan fingerprint density at radius 2 is 0.468 bits per heavy atom. The molecule has 4 nitrogen and oxygen atoms in total. The highest BCUT2D eigenvalue weighted by Gasteiger charge is 2.79. The molecule has 0 aromatic rings. The molecule has 20 aliphatic rings. The van der Waals surface area contributed by atoms with Crippen LogP contribution in [0.3, 0.4) is 0 Å². The van der Waals surface area contributed by atoms with Crippen molar-refractivity contribution < 1.29 is 20.4 Å². The molecule has 4 N–H and O–H groups in total. The molecule has 0 amide bonds. The molecule has 10 unspecified atom stereocenters. The van der Waals surface area contributed by atoms with Gasteiger partial charge in [-0.2, -0.15) is 0 Å². The Hall–Kier alpha value is -0.680. The second kappa shape index (κ2) is 29.5. The lowest BCUT2D eigenvalue weighted by molar-refractivity contribution is -0.304. The number of hydrogen-bond donors (Lipinski definition) is 4. The van der Waals surface area contributed by atoms with E-state index >= 15 is 0 Å². The Balaban J connectivity index is 0.000000119. The molecule has 0 radical (unpaired) electrons. The van der Waals surface area contributed by atoms with E-state index in [9.17, 15) is 20.4 Å². The van der Waals surface area contributed by atoms with E-state index in [1.54, 1.807) is 0 Å². The fourth-order valence-corrected chi connectivity index (χ4v) is 45.2. The number of aliphatic hydroxyl groups is 4. The van der Waals surface area contributed by atoms with Gasteiger partial charge in [0.15, 0.2) is 0 Å². The van der Waals surface area contributed by atoms with Crippen molar-refractivity contribution in [3.8, 4) is 0 Å². The van der Waals surface area contributed by atoms with Crippen LogP contribution in [0.5, 0.6) is 0 Å². The van der Waals surface area contributed by atoms with E-state index in [4.69, 9.17) is 0 Å². The SMILES string of the molecule is CC1(C)CC[C@]2(C)CC=C3[C@]4(C)CCC5C(C)(C)[C@@H](O)CC[C@]5(C)C4CC[C@@]3(C)C2C1.CC1(C)CC[C@]2(C)CC=C3[C@]4(C)CCC5C(C)(C)[C@H](O)CC[C@]5(C)C4CC[C@@]3(C)C2C1.C[C@H]1[C@@H](O)CCC2[C@]1(C)CC[C@@]1(C)[C@@]3(C)CC[C@@]4(C)CCC(C)(C)CC4[C@]3(C)CC[C@@]21C.C[C@H]1[C@H](O)CCC2[C@]1(C)CC[C@@]1(C)[C@@]3(C)CC[C@@]4(C)CCC(C)(C)CC4[C@]3(C)CC[C@@]21C. The molecule has 0 aliphatic heterocycles. The van der Waals surface area contributed by atoms with Crippen LogP contribution in [0.4, 0.5) is 0 Å². The van der Waals surface area contributed by atoms with Gasteiger partial charge in [-0.1, -0.05) is 259 Å². The molecule has 20 aliphatic carbocycles. The number of allylic oxidation sites excluding steroid dienone is 4. The number of aliphatic hydroxyl groups excluding tert-OH is 4. The summed E-state index contributed by atoms with van der Waals surface area (Å²) in [5.41, 5.74) is 14.3. The van der Waals surface area contributed by atoms with E-state index in [1.165, 1.54) is 244 Å². The average Bonchev–Trinajstić information content (AvgIpc) is 0.659. The fraction of sp³-hybridized carbons (Fsp3) is 0.967. The zero-order valence-corrected chi connectivity index (χ0v) is 89.9. The highest BCUT2D eigenvalue weighted by atomic mass is 16.3. The molecule has 720 valence electrons. The molecule has 18 saturated carbocycles. The van der Waals surface area contributed by atoms with Crippen molar-refractivity contribution >= 4 is 0 Å². The van der Waals surface area contributed by atoms with E-state index in [1.807, 2.05) is 11.1 Å². The summed E-state index contributed by atoms with van der Waals surface area (Å²) in [5.74, 6) is 8.75. The molecular weight excluding hydrogens is 1530 g/mol. The quantitative estimate of drug-likeness (QED) is 0.182. The molecule has 36 atom stereocenters. The third-order valence-electron chi connectivity index (χ3n) is 55.3. The van der Waals surface area contributed by atoms with Gasteiger partial charge < -0.3 is 20.4 Å². The van der Waals surface area contributed by atoms with Crippen molar-refractivity contribution in [2.45, 2.75) is 529 Å². The summed E-state index contributed by atoms with van der Waals surface area (Å²) in [5, 5.41) is 43.4. The van der Waals surface area contributed by atoms with Crippen LogP contribution < -0.4 is 0 Å². The molecular formula is C122H208O4. The number of rotatable bonds is 0. The van der Waals surface area contributed by atoms with E-state index < -0.39 is 0 Å². The van der Waals surface area contributed by atoms with Crippen LogP contribution in [-0.2, 0) is 0 Å². The van der Waals surface area contributed by atoms with Gasteiger partial charge in [0.25, 0.3) is 0 Å². The van der Waals surface area contributed by atoms with Gasteiger partial charge in [0, 0.05) is 0 Å². The average molecular weight is 1740 g/mol. The fourth-order valence-electron chi connectivity index (χ4n) is 45.2. The van der Waals surface area contributed by atoms with E-state index in [-0.39, 0.29) is 35.2 Å². The van der Waals surface area contributed by atoms with E-state index in [0.717, 1.165) is 73.0 Å². The van der Waals surface area contributed by atoms with Crippen LogP contribution >= 0.6 is 0 Å². The number of hydrogen-bond acceptors (Lipinski definition) is 4. The molecule has 126 heavy (non-hydrogen) atoms. The van der Waals surface area contributed by atoms with Crippen LogP contribution in [0.1, 0.15) is 505 Å². The van der Waals surface area contributed by atoms with Crippen LogP contribution in [0, 0.1) is 212 Å². The Bertz CT molecular complexity index is 3940. The normalized spacial score (nSPS) is 58.5. The van der Waals surface area contributed by atoms with E-state index in [2.05, 4.69) is 248 Å². The first-order chi connectivity index (χ1) is 57.6. The van der Waals surface area contributed by atoms with Crippen molar-refractivity contribution in [2.75, 3.05) is 0 Å². The lowest BCUT2D eigenvalue weighted by Crippen LogP contribution is -2.72. The predicted molar refractivity (Wildman–Crippen MR) is 532 cm³/mol. The van der Waals surface area contributed by atoms with Gasteiger partial charge in [0.05, 0.1) is 24.4 Å². The van der Waals surface area contributed by atoms with Crippen LogP contribution in [0.15, 0.2) is 23.3 Å². The van der Waals surface area contributed by atoms with Crippen molar-refractivity contribution in [2.24, 2.45) is 212 Å². The van der Waals surface area contributed by atoms with Gasteiger partial charge in [-0.25, -0.2) is 0 Å². The maximum atomic E-state index is 10.9. The largest absolute Gasteiger partial charge is 0.393 e. The summed E-state index contributed by atoms with van der Waals surface area (Å²) < 4.78 is 0. The van der Waals surface area contributed by atoms with Crippen LogP contribution in [0.25, 0.3) is 0 Å². The van der Waals surface area contributed by atoms with Gasteiger partial charge in [-0.05, 0) is 481 Å². The maximum absolute atomic E-state index is 10.9. The minimum Gasteiger partial charge on any atom is -0.393 e. The van der Waals surface area contributed by atoms with Crippen LogP contribution in [-0.4, -0.2) is 44.8 Å². The monoisotopic (exact) mass is 1740 g/mol. The molecule has 0 spiro atoms. The third-order valence-corrected chi connectivity index (χ3v) is 55.3. The Labute approximate surface area is 780 Å². The second-order valence-corrected chi connectivity index (χ2v) is 62.7. The van der Waals surface area contributed by atoms with Crippen molar-refractivity contribution in [1.29, 1.82) is 0 Å². The van der Waals surface area contributed by atoms with Crippen molar-refractivity contribution in [3.63, 3.8) is 0 Å². The Kier molecular flexibility index (Phi) is 22.7. The van der Waals surface area contributed by atoms with Gasteiger partial charge in [0.1, 0.15) is 0 Å². The minimum absolute atomic E-state index is 0.0575. The summed E-state index contributed by atoms with van der Waals surface area (Å²) >= 11 is 0. The first kappa shape index (κ1) is 97.0. The summed E-state index contributed by atoms with van der Waals surface area (Å²) in [6, 6.07) is 0. The summed E-state index contributed by atoms with van der Waals surface area (Å²) in [7, 11) is 0. The molecule has 0 saturated heterocycles. The highest BCUT2D eigenvalue weighted by molar-refractivity contribution is 5.38. The first-order valence-corrected chi connectivity index (χ1v) is 55.7. The van der Waals surface area contributed by atoms with Crippen LogP contribution in [0.2, 0.25) is 0 Å². The lowest BCUT2D eigenvalue weighted by Gasteiger charge is -2.79. The van der Waals surface area contributed by atoms with E-state index in [0.29, 0.717) is 154 Å². The Morgan fingerprint density at radius 3 is 0.778 bits per heavy atom. The summed E-state index contributed by atoms with van der Waals surface area (Å²) in [6.45, 7) is 88.3. The molecule has 0 bridgehead atoms. The number of fused-ring (bicyclic) bond motifs is 28. The van der Waals surface area contributed by atoms with Crippen molar-refractivity contribution in [3.05, 3.63) is 23.3 Å². The van der Waals surface area contributed by atoms with Gasteiger partial charge >= 0.3 is 0 Å². The zero-order valence-electron chi connectivity index (χ0n) is 89.9. The smallest absolute Gasteiger partial charge is 0.0594 e.